The molecule has 0 radical (unpaired) electrons. The van der Waals surface area contributed by atoms with Crippen LogP contribution in [-0.2, 0) is 23.3 Å². The molecule has 8 aromatic carbocycles. The maximum atomic E-state index is 6.94. The SMILES string of the molecule is Cn1c(-c2ccccc2)nc2cc3c(cc21)-n1c2ccc(C(C)(C)C)cc2c2c4sc5ccccc5c4c4c(c21)B3N(c1ccc(C(C)(C)C)cc1)c1cc2oc3ccc(C(C)(C)C)cc3c2cc1-4. The summed E-state index contributed by atoms with van der Waals surface area (Å²) in [4.78, 5) is 8.11. The Hall–Kier alpha value is -7.09. The van der Waals surface area contributed by atoms with E-state index in [9.17, 15) is 0 Å². The summed E-state index contributed by atoms with van der Waals surface area (Å²) in [5, 5.41) is 7.58. The van der Waals surface area contributed by atoms with Crippen molar-refractivity contribution in [1.82, 2.24) is 14.1 Å². The summed E-state index contributed by atoms with van der Waals surface area (Å²) in [6, 6.07) is 52.9. The van der Waals surface area contributed by atoms with Gasteiger partial charge in [-0.2, -0.15) is 0 Å². The molecular weight excluding hydrogens is 860 g/mol. The Morgan fingerprint density at radius 2 is 1.23 bits per heavy atom. The minimum absolute atomic E-state index is 0.000384. The summed E-state index contributed by atoms with van der Waals surface area (Å²) in [5.41, 5.74) is 20.0. The van der Waals surface area contributed by atoms with Crippen molar-refractivity contribution in [2.75, 3.05) is 4.81 Å². The van der Waals surface area contributed by atoms with Crippen molar-refractivity contribution in [3.63, 3.8) is 0 Å². The summed E-state index contributed by atoms with van der Waals surface area (Å²) in [6.45, 7) is 20.6. The average Bonchev–Trinajstić information content (AvgIpc) is 4.07. The van der Waals surface area contributed by atoms with E-state index in [0.29, 0.717) is 0 Å². The Labute approximate surface area is 406 Å². The molecule has 2 aliphatic heterocycles. The van der Waals surface area contributed by atoms with E-state index in [2.05, 4.69) is 223 Å². The molecule has 336 valence electrons. The fraction of sp³-hybridized carbons (Fsp3) is 0.210. The number of nitrogens with zero attached hydrogens (tertiary/aromatic N) is 4. The molecule has 12 aromatic rings. The number of rotatable bonds is 2. The van der Waals surface area contributed by atoms with Crippen molar-refractivity contribution < 1.29 is 4.42 Å². The van der Waals surface area contributed by atoms with E-state index < -0.39 is 0 Å². The van der Waals surface area contributed by atoms with Gasteiger partial charge in [0.05, 0.1) is 22.1 Å². The molecule has 0 spiro atoms. The van der Waals surface area contributed by atoms with Crippen LogP contribution in [0.2, 0.25) is 0 Å². The largest absolute Gasteiger partial charge is 0.456 e. The van der Waals surface area contributed by atoms with Gasteiger partial charge in [0.2, 0.25) is 0 Å². The molecule has 0 amide bonds. The van der Waals surface area contributed by atoms with Gasteiger partial charge in [0.1, 0.15) is 17.0 Å². The van der Waals surface area contributed by atoms with E-state index >= 15 is 0 Å². The topological polar surface area (TPSA) is 39.1 Å². The molecule has 2 aliphatic rings. The smallest absolute Gasteiger partial charge is 0.333 e. The maximum absolute atomic E-state index is 6.94. The number of aromatic nitrogens is 3. The summed E-state index contributed by atoms with van der Waals surface area (Å²) >= 11 is 1.95. The summed E-state index contributed by atoms with van der Waals surface area (Å²) in [6.07, 6.45) is 0. The predicted molar refractivity (Wildman–Crippen MR) is 296 cm³/mol. The summed E-state index contributed by atoms with van der Waals surface area (Å²) in [5.74, 6) is 0.959. The normalized spacial score (nSPS) is 13.9. The molecule has 69 heavy (non-hydrogen) atoms. The number of fused-ring (bicyclic) bond motifs is 17. The monoisotopic (exact) mass is 912 g/mol. The van der Waals surface area contributed by atoms with E-state index in [1.54, 1.807) is 0 Å². The fourth-order valence-electron chi connectivity index (χ4n) is 11.9. The lowest BCUT2D eigenvalue weighted by molar-refractivity contribution is 0.590. The van der Waals surface area contributed by atoms with Crippen LogP contribution in [0.4, 0.5) is 11.4 Å². The van der Waals surface area contributed by atoms with Crippen molar-refractivity contribution in [3.8, 4) is 28.2 Å². The second kappa shape index (κ2) is 13.6. The van der Waals surface area contributed by atoms with Crippen molar-refractivity contribution in [2.24, 2.45) is 7.05 Å². The van der Waals surface area contributed by atoms with Gasteiger partial charge in [0.25, 0.3) is 0 Å². The van der Waals surface area contributed by atoms with Gasteiger partial charge in [0.15, 0.2) is 0 Å². The highest BCUT2D eigenvalue weighted by Crippen LogP contribution is 2.54. The first-order valence-corrected chi connectivity index (χ1v) is 25.3. The quantitative estimate of drug-likeness (QED) is 0.162. The van der Waals surface area contributed by atoms with Gasteiger partial charge in [-0.15, -0.1) is 11.3 Å². The first-order valence-electron chi connectivity index (χ1n) is 24.5. The number of hydrogen-bond donors (Lipinski definition) is 0. The molecule has 7 heteroatoms. The highest BCUT2D eigenvalue weighted by Gasteiger charge is 2.46. The number of imidazole rings is 1. The zero-order chi connectivity index (χ0) is 47.2. The minimum Gasteiger partial charge on any atom is -0.456 e. The van der Waals surface area contributed by atoms with Gasteiger partial charge in [-0.05, 0) is 110 Å². The van der Waals surface area contributed by atoms with Crippen molar-refractivity contribution in [3.05, 3.63) is 156 Å². The Bertz CT molecular complexity index is 4200. The van der Waals surface area contributed by atoms with Crippen LogP contribution in [0.5, 0.6) is 0 Å². The molecule has 0 saturated carbocycles. The van der Waals surface area contributed by atoms with Crippen LogP contribution in [0.3, 0.4) is 0 Å². The lowest BCUT2D eigenvalue weighted by Gasteiger charge is -2.42. The lowest BCUT2D eigenvalue weighted by atomic mass is 9.43. The third-order valence-electron chi connectivity index (χ3n) is 15.6. The van der Waals surface area contributed by atoms with Crippen LogP contribution in [-0.4, -0.2) is 21.0 Å². The Morgan fingerprint density at radius 3 is 1.97 bits per heavy atom. The van der Waals surface area contributed by atoms with Crippen LogP contribution < -0.4 is 15.7 Å². The zero-order valence-corrected chi connectivity index (χ0v) is 41.8. The first kappa shape index (κ1) is 40.9. The average molecular weight is 913 g/mol. The minimum atomic E-state index is -0.201. The lowest BCUT2D eigenvalue weighted by Crippen LogP contribution is -2.60. The van der Waals surface area contributed by atoms with Crippen LogP contribution in [0.15, 0.2) is 144 Å². The second-order valence-corrected chi connectivity index (χ2v) is 23.9. The fourth-order valence-corrected chi connectivity index (χ4v) is 13.2. The molecular formula is C62H53BN4OS. The Kier molecular flexibility index (Phi) is 8.05. The van der Waals surface area contributed by atoms with Crippen LogP contribution in [0.25, 0.3) is 103 Å². The number of anilines is 2. The molecule has 0 bridgehead atoms. The number of benzene rings is 8. The van der Waals surface area contributed by atoms with E-state index in [4.69, 9.17) is 9.40 Å². The molecule has 0 aliphatic carbocycles. The van der Waals surface area contributed by atoms with Crippen molar-refractivity contribution in [1.29, 1.82) is 0 Å². The summed E-state index contributed by atoms with van der Waals surface area (Å²) < 4.78 is 14.5. The molecule has 0 fully saturated rings. The summed E-state index contributed by atoms with van der Waals surface area (Å²) in [7, 11) is 2.17. The van der Waals surface area contributed by atoms with Crippen LogP contribution >= 0.6 is 11.3 Å². The molecule has 0 N–H and O–H groups in total. The van der Waals surface area contributed by atoms with Gasteiger partial charge in [-0.1, -0.05) is 135 Å². The molecule has 4 aromatic heterocycles. The van der Waals surface area contributed by atoms with Gasteiger partial charge < -0.3 is 18.4 Å². The van der Waals surface area contributed by atoms with Gasteiger partial charge in [-0.25, -0.2) is 4.98 Å². The van der Waals surface area contributed by atoms with Gasteiger partial charge >= 0.3 is 6.85 Å². The first-order chi connectivity index (χ1) is 33.0. The second-order valence-electron chi connectivity index (χ2n) is 22.9. The highest BCUT2D eigenvalue weighted by molar-refractivity contribution is 7.27. The molecule has 5 nitrogen and oxygen atoms in total. The van der Waals surface area contributed by atoms with Gasteiger partial charge in [0, 0.05) is 83.0 Å². The maximum Gasteiger partial charge on any atom is 0.333 e. The van der Waals surface area contributed by atoms with Crippen molar-refractivity contribution >= 4 is 115 Å². The number of hydrogen-bond acceptors (Lipinski definition) is 4. The van der Waals surface area contributed by atoms with E-state index in [-0.39, 0.29) is 23.1 Å². The Morgan fingerprint density at radius 1 is 0.565 bits per heavy atom. The number of thiophene rings is 1. The molecule has 0 saturated heterocycles. The number of aryl methyl sites for hydroxylation is 1. The van der Waals surface area contributed by atoms with E-state index in [1.807, 2.05) is 11.3 Å². The predicted octanol–water partition coefficient (Wildman–Crippen LogP) is 15.7. The highest BCUT2D eigenvalue weighted by atomic mass is 32.1. The van der Waals surface area contributed by atoms with Crippen LogP contribution in [0, 0.1) is 0 Å². The molecule has 6 heterocycles. The standard InChI is InChI=1S/C62H53BN4OS/c1-60(2,3)35-20-24-38(25-21-35)67-47-33-51-41(40-28-37(62(7,8)9)23-27-50(40)68-51)30-43(47)53-54-39-18-14-15-19-52(39)69-58(54)55-42-29-36(61(4,5)6)22-26-46(42)66-48-32-49-45(31-44(48)63(67)56(53)57(55)66)64-59(65(49)10)34-16-12-11-13-17-34/h11-33H,1-10H3. The third-order valence-corrected chi connectivity index (χ3v) is 16.7. The molecule has 0 unspecified atom stereocenters. The van der Waals surface area contributed by atoms with Crippen LogP contribution in [0.1, 0.15) is 79.0 Å². The van der Waals surface area contributed by atoms with Gasteiger partial charge in [-0.3, -0.25) is 0 Å². The number of furan rings is 1. The van der Waals surface area contributed by atoms with E-state index in [0.717, 1.165) is 55.7 Å². The molecule has 0 atom stereocenters. The van der Waals surface area contributed by atoms with E-state index in [1.165, 1.54) is 86.4 Å². The zero-order valence-electron chi connectivity index (χ0n) is 41.0. The molecule has 14 rings (SSSR count). The Balaban J connectivity index is 1.21. The third kappa shape index (κ3) is 5.62. The van der Waals surface area contributed by atoms with Crippen molar-refractivity contribution in [2.45, 2.75) is 78.6 Å².